The predicted molar refractivity (Wildman–Crippen MR) is 101 cm³/mol. The monoisotopic (exact) mass is 427 g/mol. The van der Waals surface area contributed by atoms with E-state index in [1.165, 1.54) is 5.56 Å². The van der Waals surface area contributed by atoms with Gasteiger partial charge in [-0.05, 0) is 5.56 Å². The molecule has 7 heteroatoms. The largest absolute Gasteiger partial charge is 0.378 e. The van der Waals surface area contributed by atoms with Crippen LogP contribution >= 0.6 is 24.0 Å². The number of rotatable bonds is 4. The Morgan fingerprint density at radius 3 is 2.70 bits per heavy atom. The van der Waals surface area contributed by atoms with Gasteiger partial charge in [0.1, 0.15) is 12.4 Å². The minimum Gasteiger partial charge on any atom is -0.378 e. The minimum absolute atomic E-state index is 0. The van der Waals surface area contributed by atoms with E-state index in [4.69, 9.17) is 10.5 Å². The second kappa shape index (κ2) is 8.88. The lowest BCUT2D eigenvalue weighted by molar-refractivity contribution is 0.0674. The molecule has 0 spiro atoms. The number of aliphatic imine (C=N–C) groups is 1. The highest BCUT2D eigenvalue weighted by molar-refractivity contribution is 14.0. The number of imidazole rings is 1. The van der Waals surface area contributed by atoms with E-state index in [-0.39, 0.29) is 24.0 Å². The molecular formula is C16H22IN5O. The van der Waals surface area contributed by atoms with Crippen molar-refractivity contribution in [2.24, 2.45) is 10.7 Å². The van der Waals surface area contributed by atoms with Crippen LogP contribution in [0.15, 0.2) is 47.7 Å². The lowest BCUT2D eigenvalue weighted by Crippen LogP contribution is -2.44. The molecule has 1 aromatic carbocycles. The van der Waals surface area contributed by atoms with Gasteiger partial charge in [0, 0.05) is 32.0 Å². The first-order valence-corrected chi connectivity index (χ1v) is 7.49. The van der Waals surface area contributed by atoms with Crippen molar-refractivity contribution >= 4 is 29.9 Å². The molecule has 0 saturated carbocycles. The quantitative estimate of drug-likeness (QED) is 0.458. The molecule has 1 aliphatic rings. The second-order valence-electron chi connectivity index (χ2n) is 5.23. The van der Waals surface area contributed by atoms with Gasteiger partial charge in [-0.15, -0.1) is 24.0 Å². The smallest absolute Gasteiger partial charge is 0.191 e. The molecule has 2 heterocycles. The van der Waals surface area contributed by atoms with Crippen molar-refractivity contribution in [2.75, 3.05) is 26.3 Å². The number of benzene rings is 1. The summed E-state index contributed by atoms with van der Waals surface area (Å²) in [6, 6.07) is 10.3. The van der Waals surface area contributed by atoms with Crippen LogP contribution < -0.4 is 5.73 Å². The highest BCUT2D eigenvalue weighted by atomic mass is 127. The van der Waals surface area contributed by atoms with Gasteiger partial charge in [-0.2, -0.15) is 0 Å². The van der Waals surface area contributed by atoms with Crippen LogP contribution in [0.5, 0.6) is 0 Å². The fourth-order valence-corrected chi connectivity index (χ4v) is 2.46. The average Bonchev–Trinajstić information content (AvgIpc) is 3.01. The molecular weight excluding hydrogens is 405 g/mol. The van der Waals surface area contributed by atoms with Crippen molar-refractivity contribution in [3.05, 3.63) is 54.1 Å². The number of halogens is 1. The molecule has 0 bridgehead atoms. The summed E-state index contributed by atoms with van der Waals surface area (Å²) >= 11 is 0. The zero-order valence-corrected chi connectivity index (χ0v) is 15.3. The molecule has 6 nitrogen and oxygen atoms in total. The van der Waals surface area contributed by atoms with Crippen LogP contribution in [0, 0.1) is 0 Å². The normalized spacial score (nSPS) is 15.3. The zero-order chi connectivity index (χ0) is 15.2. The molecule has 0 atom stereocenters. The van der Waals surface area contributed by atoms with Gasteiger partial charge >= 0.3 is 0 Å². The first kappa shape index (κ1) is 17.7. The standard InChI is InChI=1S/C16H21N5O.HI/c17-16(20-8-10-22-11-9-20)19-12-15-18-6-7-21(15)13-14-4-2-1-3-5-14;/h1-7H,8-13H2,(H2,17,19);1H. The number of aromatic nitrogens is 2. The van der Waals surface area contributed by atoms with E-state index < -0.39 is 0 Å². The Kier molecular flexibility index (Phi) is 6.85. The van der Waals surface area contributed by atoms with E-state index in [2.05, 4.69) is 26.7 Å². The van der Waals surface area contributed by atoms with Crippen LogP contribution in [-0.4, -0.2) is 46.7 Å². The Hall–Kier alpha value is -1.61. The number of hydrogen-bond donors (Lipinski definition) is 1. The van der Waals surface area contributed by atoms with Gasteiger partial charge in [-0.1, -0.05) is 30.3 Å². The predicted octanol–water partition coefficient (Wildman–Crippen LogP) is 1.70. The zero-order valence-electron chi connectivity index (χ0n) is 13.0. The third kappa shape index (κ3) is 4.93. The fourth-order valence-electron chi connectivity index (χ4n) is 2.46. The summed E-state index contributed by atoms with van der Waals surface area (Å²) < 4.78 is 7.42. The third-order valence-corrected chi connectivity index (χ3v) is 3.72. The molecule has 2 aromatic rings. The van der Waals surface area contributed by atoms with E-state index in [9.17, 15) is 0 Å². The molecule has 2 N–H and O–H groups in total. The molecule has 1 fully saturated rings. The van der Waals surface area contributed by atoms with Gasteiger partial charge < -0.3 is 19.9 Å². The lowest BCUT2D eigenvalue weighted by atomic mass is 10.2. The highest BCUT2D eigenvalue weighted by Crippen LogP contribution is 2.07. The van der Waals surface area contributed by atoms with Crippen LogP contribution in [-0.2, 0) is 17.8 Å². The summed E-state index contributed by atoms with van der Waals surface area (Å²) in [5.74, 6) is 1.48. The van der Waals surface area contributed by atoms with E-state index >= 15 is 0 Å². The maximum atomic E-state index is 6.05. The van der Waals surface area contributed by atoms with Gasteiger partial charge in [0.05, 0.1) is 13.2 Å². The maximum Gasteiger partial charge on any atom is 0.191 e. The van der Waals surface area contributed by atoms with Crippen LogP contribution in [0.25, 0.3) is 0 Å². The highest BCUT2D eigenvalue weighted by Gasteiger charge is 2.12. The molecule has 0 aliphatic carbocycles. The van der Waals surface area contributed by atoms with Crippen molar-refractivity contribution in [3.63, 3.8) is 0 Å². The Bertz CT molecular complexity index is 622. The molecule has 1 aliphatic heterocycles. The number of hydrogen-bond acceptors (Lipinski definition) is 3. The summed E-state index contributed by atoms with van der Waals surface area (Å²) in [7, 11) is 0. The van der Waals surface area contributed by atoms with Crippen molar-refractivity contribution in [2.45, 2.75) is 13.1 Å². The molecule has 0 amide bonds. The van der Waals surface area contributed by atoms with Gasteiger partial charge in [0.25, 0.3) is 0 Å². The minimum atomic E-state index is 0. The number of ether oxygens (including phenoxy) is 1. The Morgan fingerprint density at radius 2 is 1.96 bits per heavy atom. The van der Waals surface area contributed by atoms with Gasteiger partial charge in [0.2, 0.25) is 0 Å². The molecule has 1 saturated heterocycles. The van der Waals surface area contributed by atoms with Gasteiger partial charge in [-0.25, -0.2) is 9.98 Å². The molecule has 0 unspecified atom stereocenters. The topological polar surface area (TPSA) is 68.7 Å². The van der Waals surface area contributed by atoms with E-state index in [0.29, 0.717) is 25.7 Å². The third-order valence-electron chi connectivity index (χ3n) is 3.72. The summed E-state index contributed by atoms with van der Waals surface area (Å²) in [6.45, 7) is 4.30. The number of nitrogens with zero attached hydrogens (tertiary/aromatic N) is 4. The summed E-state index contributed by atoms with van der Waals surface area (Å²) in [4.78, 5) is 10.9. The Balaban J connectivity index is 0.00000192. The second-order valence-corrected chi connectivity index (χ2v) is 5.23. The average molecular weight is 427 g/mol. The molecule has 0 radical (unpaired) electrons. The van der Waals surface area contributed by atoms with E-state index in [0.717, 1.165) is 25.5 Å². The van der Waals surface area contributed by atoms with Crippen LogP contribution in [0.2, 0.25) is 0 Å². The summed E-state index contributed by atoms with van der Waals surface area (Å²) in [5.41, 5.74) is 7.29. The first-order valence-electron chi connectivity index (χ1n) is 7.49. The SMILES string of the molecule is I.NC(=NCc1nccn1Cc1ccccc1)N1CCOCC1. The van der Waals surface area contributed by atoms with Crippen LogP contribution in [0.3, 0.4) is 0 Å². The lowest BCUT2D eigenvalue weighted by Gasteiger charge is -2.27. The molecule has 124 valence electrons. The number of guanidine groups is 1. The Labute approximate surface area is 153 Å². The maximum absolute atomic E-state index is 6.05. The molecule has 23 heavy (non-hydrogen) atoms. The van der Waals surface area contributed by atoms with Crippen LogP contribution in [0.1, 0.15) is 11.4 Å². The van der Waals surface area contributed by atoms with Crippen LogP contribution in [0.4, 0.5) is 0 Å². The summed E-state index contributed by atoms with van der Waals surface area (Å²) in [6.07, 6.45) is 3.78. The molecule has 1 aromatic heterocycles. The fraction of sp³-hybridized carbons (Fsp3) is 0.375. The summed E-state index contributed by atoms with van der Waals surface area (Å²) in [5, 5.41) is 0. The number of morpholine rings is 1. The molecule has 3 rings (SSSR count). The van der Waals surface area contributed by atoms with Gasteiger partial charge in [-0.3, -0.25) is 0 Å². The van der Waals surface area contributed by atoms with Crippen molar-refractivity contribution in [3.8, 4) is 0 Å². The van der Waals surface area contributed by atoms with Crippen molar-refractivity contribution < 1.29 is 4.74 Å². The van der Waals surface area contributed by atoms with Crippen molar-refractivity contribution in [1.29, 1.82) is 0 Å². The van der Waals surface area contributed by atoms with E-state index in [1.54, 1.807) is 6.20 Å². The Morgan fingerprint density at radius 1 is 1.22 bits per heavy atom. The van der Waals surface area contributed by atoms with Gasteiger partial charge in [0.15, 0.2) is 5.96 Å². The van der Waals surface area contributed by atoms with E-state index in [1.807, 2.05) is 29.3 Å². The first-order chi connectivity index (χ1) is 10.8. The van der Waals surface area contributed by atoms with Crippen molar-refractivity contribution in [1.82, 2.24) is 14.5 Å². The number of nitrogens with two attached hydrogens (primary N) is 1.